The molecule has 0 aliphatic carbocycles. The number of rotatable bonds is 2. The molecule has 0 atom stereocenters. The zero-order valence-corrected chi connectivity index (χ0v) is 8.52. The lowest BCUT2D eigenvalue weighted by molar-refractivity contribution is -0.189. The summed E-state index contributed by atoms with van der Waals surface area (Å²) in [5, 5.41) is 0. The average Bonchev–Trinajstić information content (AvgIpc) is 1.90. The molecule has 0 aromatic rings. The molecule has 15 heavy (non-hydrogen) atoms. The molecule has 1 saturated heterocycles. The Morgan fingerprint density at radius 1 is 1.40 bits per heavy atom. The molecule has 0 unspecified atom stereocenters. The summed E-state index contributed by atoms with van der Waals surface area (Å²) in [6.45, 7) is -0.489. The van der Waals surface area contributed by atoms with Crippen LogP contribution in [0.15, 0.2) is 0 Å². The number of hydrogen-bond donors (Lipinski definition) is 1. The lowest BCUT2D eigenvalue weighted by Gasteiger charge is -2.39. The number of carbonyl (C=O) groups excluding carboxylic acids is 1. The number of alkyl halides is 3. The van der Waals surface area contributed by atoms with Gasteiger partial charge in [-0.2, -0.15) is 13.2 Å². The molecule has 0 aromatic heterocycles. The number of hydrogen-bond acceptors (Lipinski definition) is 3. The summed E-state index contributed by atoms with van der Waals surface area (Å²) in [6.07, 6.45) is -3.99. The SMILES string of the molecule is CS(=O)(=O)NC1CN(C(=O)C(F)(F)F)C1. The number of amides is 1. The zero-order valence-electron chi connectivity index (χ0n) is 7.71. The van der Waals surface area contributed by atoms with Gasteiger partial charge in [0.05, 0.1) is 12.3 Å². The third-order valence-electron chi connectivity index (χ3n) is 1.79. The minimum atomic E-state index is -4.89. The van der Waals surface area contributed by atoms with Crippen LogP contribution < -0.4 is 4.72 Å². The number of nitrogens with one attached hydrogen (secondary N) is 1. The molecule has 9 heteroatoms. The van der Waals surface area contributed by atoms with E-state index >= 15 is 0 Å². The summed E-state index contributed by atoms with van der Waals surface area (Å²) in [4.78, 5) is 11.1. The second kappa shape index (κ2) is 3.63. The van der Waals surface area contributed by atoms with Gasteiger partial charge >= 0.3 is 12.1 Å². The second-order valence-electron chi connectivity index (χ2n) is 3.29. The first kappa shape index (κ1) is 12.2. The standard InChI is InChI=1S/C6H9F3N2O3S/c1-15(13,14)10-4-2-11(3-4)5(12)6(7,8)9/h4,10H,2-3H2,1H3. The molecule has 88 valence electrons. The van der Waals surface area contributed by atoms with Crippen molar-refractivity contribution in [3.05, 3.63) is 0 Å². The van der Waals surface area contributed by atoms with Gasteiger partial charge in [0.25, 0.3) is 0 Å². The maximum atomic E-state index is 11.9. The molecule has 0 saturated carbocycles. The minimum Gasteiger partial charge on any atom is -0.332 e. The Labute approximate surface area is 84.3 Å². The van der Waals surface area contributed by atoms with Gasteiger partial charge in [-0.25, -0.2) is 13.1 Å². The Morgan fingerprint density at radius 2 is 1.87 bits per heavy atom. The molecule has 1 aliphatic heterocycles. The number of halogens is 3. The third-order valence-corrected chi connectivity index (χ3v) is 2.55. The van der Waals surface area contributed by atoms with Crippen molar-refractivity contribution in [1.29, 1.82) is 0 Å². The van der Waals surface area contributed by atoms with Crippen molar-refractivity contribution in [3.63, 3.8) is 0 Å². The Bertz CT molecular complexity index is 358. The van der Waals surface area contributed by atoms with E-state index in [1.54, 1.807) is 0 Å². The molecule has 0 radical (unpaired) electrons. The van der Waals surface area contributed by atoms with Crippen molar-refractivity contribution in [3.8, 4) is 0 Å². The van der Waals surface area contributed by atoms with Gasteiger partial charge in [-0.15, -0.1) is 0 Å². The first-order valence-electron chi connectivity index (χ1n) is 3.93. The number of nitrogens with zero attached hydrogens (tertiary/aromatic N) is 1. The molecule has 1 N–H and O–H groups in total. The van der Waals surface area contributed by atoms with E-state index in [1.807, 2.05) is 0 Å². The van der Waals surface area contributed by atoms with Gasteiger partial charge in [0.15, 0.2) is 0 Å². The molecule has 0 spiro atoms. The third kappa shape index (κ3) is 3.34. The number of likely N-dealkylation sites (tertiary alicyclic amines) is 1. The van der Waals surface area contributed by atoms with Crippen LogP contribution in [-0.4, -0.2) is 50.8 Å². The van der Waals surface area contributed by atoms with Gasteiger partial charge in [0.1, 0.15) is 0 Å². The summed E-state index contributed by atoms with van der Waals surface area (Å²) < 4.78 is 59.0. The summed E-state index contributed by atoms with van der Waals surface area (Å²) in [7, 11) is -3.44. The molecule has 1 fully saturated rings. The van der Waals surface area contributed by atoms with Crippen molar-refractivity contribution >= 4 is 15.9 Å². The molecule has 1 aliphatic rings. The number of sulfonamides is 1. The van der Waals surface area contributed by atoms with Crippen LogP contribution in [-0.2, 0) is 14.8 Å². The van der Waals surface area contributed by atoms with E-state index in [0.29, 0.717) is 4.90 Å². The zero-order chi connectivity index (χ0) is 11.9. The van der Waals surface area contributed by atoms with Gasteiger partial charge in [-0.1, -0.05) is 0 Å². The predicted octanol–water partition coefficient (Wildman–Crippen LogP) is -0.691. The normalized spacial score (nSPS) is 18.8. The molecular weight excluding hydrogens is 237 g/mol. The fraction of sp³-hybridized carbons (Fsp3) is 0.833. The highest BCUT2D eigenvalue weighted by Crippen LogP contribution is 2.22. The van der Waals surface area contributed by atoms with Crippen LogP contribution in [0.3, 0.4) is 0 Å². The Morgan fingerprint density at radius 3 is 2.20 bits per heavy atom. The highest BCUT2D eigenvalue weighted by atomic mass is 32.2. The summed E-state index contributed by atoms with van der Waals surface area (Å²) >= 11 is 0. The van der Waals surface area contributed by atoms with E-state index in [4.69, 9.17) is 0 Å². The molecule has 1 rings (SSSR count). The summed E-state index contributed by atoms with van der Waals surface area (Å²) in [6, 6.07) is -0.619. The topological polar surface area (TPSA) is 66.5 Å². The Hall–Kier alpha value is -0.830. The first-order valence-corrected chi connectivity index (χ1v) is 5.82. The molecular formula is C6H9F3N2O3S. The van der Waals surface area contributed by atoms with Crippen LogP contribution in [0.4, 0.5) is 13.2 Å². The van der Waals surface area contributed by atoms with E-state index in [9.17, 15) is 26.4 Å². The largest absolute Gasteiger partial charge is 0.471 e. The van der Waals surface area contributed by atoms with E-state index in [2.05, 4.69) is 4.72 Å². The highest BCUT2D eigenvalue weighted by Gasteiger charge is 2.46. The summed E-state index contributed by atoms with van der Waals surface area (Å²) in [5.74, 6) is -1.94. The van der Waals surface area contributed by atoms with Gasteiger partial charge in [-0.05, 0) is 0 Å². The maximum absolute atomic E-state index is 11.9. The van der Waals surface area contributed by atoms with Crippen LogP contribution in [0.1, 0.15) is 0 Å². The summed E-state index contributed by atoms with van der Waals surface area (Å²) in [5.41, 5.74) is 0. The van der Waals surface area contributed by atoms with Crippen LogP contribution in [0, 0.1) is 0 Å². The Balaban J connectivity index is 2.42. The van der Waals surface area contributed by atoms with Gasteiger partial charge in [0, 0.05) is 13.1 Å². The molecule has 5 nitrogen and oxygen atoms in total. The lowest BCUT2D eigenvalue weighted by atomic mass is 10.1. The first-order chi connectivity index (χ1) is 6.59. The molecule has 1 amide bonds. The Kier molecular flexibility index (Phi) is 2.97. The fourth-order valence-electron chi connectivity index (χ4n) is 1.20. The van der Waals surface area contributed by atoms with E-state index in [1.165, 1.54) is 0 Å². The smallest absolute Gasteiger partial charge is 0.332 e. The fourth-order valence-corrected chi connectivity index (χ4v) is 1.96. The van der Waals surface area contributed by atoms with Gasteiger partial charge in [0.2, 0.25) is 10.0 Å². The number of carbonyl (C=O) groups is 1. The second-order valence-corrected chi connectivity index (χ2v) is 5.07. The van der Waals surface area contributed by atoms with Crippen LogP contribution >= 0.6 is 0 Å². The van der Waals surface area contributed by atoms with E-state index in [-0.39, 0.29) is 13.1 Å². The van der Waals surface area contributed by atoms with Crippen molar-refractivity contribution < 1.29 is 26.4 Å². The molecule has 0 bridgehead atoms. The monoisotopic (exact) mass is 246 g/mol. The van der Waals surface area contributed by atoms with Crippen molar-refractivity contribution in [2.45, 2.75) is 12.2 Å². The predicted molar refractivity (Wildman–Crippen MR) is 44.4 cm³/mol. The quantitative estimate of drug-likeness (QED) is 0.701. The lowest BCUT2D eigenvalue weighted by Crippen LogP contribution is -2.63. The van der Waals surface area contributed by atoms with E-state index < -0.39 is 28.1 Å². The van der Waals surface area contributed by atoms with E-state index in [0.717, 1.165) is 6.26 Å². The van der Waals surface area contributed by atoms with Crippen LogP contribution in [0.25, 0.3) is 0 Å². The van der Waals surface area contributed by atoms with Crippen molar-refractivity contribution in [2.24, 2.45) is 0 Å². The molecule has 0 aromatic carbocycles. The van der Waals surface area contributed by atoms with Crippen LogP contribution in [0.5, 0.6) is 0 Å². The van der Waals surface area contributed by atoms with Crippen molar-refractivity contribution in [1.82, 2.24) is 9.62 Å². The average molecular weight is 246 g/mol. The maximum Gasteiger partial charge on any atom is 0.471 e. The highest BCUT2D eigenvalue weighted by molar-refractivity contribution is 7.88. The molecule has 1 heterocycles. The van der Waals surface area contributed by atoms with Crippen LogP contribution in [0.2, 0.25) is 0 Å². The van der Waals surface area contributed by atoms with Gasteiger partial charge in [-0.3, -0.25) is 4.79 Å². The van der Waals surface area contributed by atoms with Gasteiger partial charge < -0.3 is 4.90 Å². The minimum absolute atomic E-state index is 0.245. The van der Waals surface area contributed by atoms with Crippen molar-refractivity contribution in [2.75, 3.05) is 19.3 Å².